The first-order valence-electron chi connectivity index (χ1n) is 8.69. The van der Waals surface area contributed by atoms with Crippen LogP contribution in [0.4, 0.5) is 0 Å². The molecule has 0 bridgehead atoms. The summed E-state index contributed by atoms with van der Waals surface area (Å²) in [5.74, 6) is 0.813. The van der Waals surface area contributed by atoms with Gasteiger partial charge in [-0.1, -0.05) is 58.7 Å². The van der Waals surface area contributed by atoms with Gasteiger partial charge in [-0.15, -0.1) is 0 Å². The average molecular weight is 413 g/mol. The Hall–Kier alpha value is -2.67. The highest BCUT2D eigenvalue weighted by molar-refractivity contribution is 6.31. The molecular formula is C20H14Cl2N4O2. The highest BCUT2D eigenvalue weighted by Crippen LogP contribution is 2.34. The van der Waals surface area contributed by atoms with Crippen molar-refractivity contribution in [1.82, 2.24) is 19.7 Å². The lowest BCUT2D eigenvalue weighted by atomic mass is 10.1. The van der Waals surface area contributed by atoms with Crippen LogP contribution in [0.5, 0.6) is 0 Å². The molecule has 1 aliphatic rings. The Morgan fingerprint density at radius 3 is 2.82 bits per heavy atom. The normalized spacial score (nSPS) is 16.1. The number of benzene rings is 2. The maximum absolute atomic E-state index is 6.31. The van der Waals surface area contributed by atoms with Crippen molar-refractivity contribution in [3.63, 3.8) is 0 Å². The summed E-state index contributed by atoms with van der Waals surface area (Å²) in [5, 5.41) is 5.36. The molecule has 3 heterocycles. The van der Waals surface area contributed by atoms with Crippen molar-refractivity contribution in [2.75, 3.05) is 0 Å². The zero-order chi connectivity index (χ0) is 19.1. The van der Waals surface area contributed by atoms with Gasteiger partial charge in [0, 0.05) is 21.2 Å². The van der Waals surface area contributed by atoms with Crippen LogP contribution >= 0.6 is 23.2 Å². The Morgan fingerprint density at radius 1 is 1.07 bits per heavy atom. The van der Waals surface area contributed by atoms with Gasteiger partial charge < -0.3 is 13.8 Å². The Labute approximate surface area is 170 Å². The molecule has 2 aromatic heterocycles. The van der Waals surface area contributed by atoms with Crippen LogP contribution in [0.15, 0.2) is 59.4 Å². The summed E-state index contributed by atoms with van der Waals surface area (Å²) in [6.45, 7) is 0.988. The van der Waals surface area contributed by atoms with Crippen LogP contribution in [0.3, 0.4) is 0 Å². The van der Waals surface area contributed by atoms with Crippen molar-refractivity contribution < 1.29 is 9.26 Å². The minimum absolute atomic E-state index is 0.132. The van der Waals surface area contributed by atoms with Crippen molar-refractivity contribution in [1.29, 1.82) is 0 Å². The van der Waals surface area contributed by atoms with E-state index in [1.807, 2.05) is 41.0 Å². The Balaban J connectivity index is 1.44. The van der Waals surface area contributed by atoms with Gasteiger partial charge in [0.2, 0.25) is 5.82 Å². The van der Waals surface area contributed by atoms with Gasteiger partial charge in [0.05, 0.1) is 25.2 Å². The summed E-state index contributed by atoms with van der Waals surface area (Å²) in [4.78, 5) is 8.95. The quantitative estimate of drug-likeness (QED) is 0.463. The molecule has 1 aliphatic heterocycles. The smallest absolute Gasteiger partial charge is 0.278 e. The lowest BCUT2D eigenvalue weighted by molar-refractivity contribution is 0.00336. The predicted octanol–water partition coefficient (Wildman–Crippen LogP) is 5.18. The molecule has 0 spiro atoms. The van der Waals surface area contributed by atoms with Gasteiger partial charge in [0.1, 0.15) is 6.10 Å². The molecule has 0 aliphatic carbocycles. The fourth-order valence-electron chi connectivity index (χ4n) is 3.29. The minimum atomic E-state index is -0.132. The lowest BCUT2D eigenvalue weighted by Gasteiger charge is -2.26. The summed E-state index contributed by atoms with van der Waals surface area (Å²) in [6, 6.07) is 15.0. The molecule has 0 N–H and O–H groups in total. The molecule has 28 heavy (non-hydrogen) atoms. The second-order valence-corrected chi connectivity index (χ2v) is 7.29. The summed E-state index contributed by atoms with van der Waals surface area (Å²) in [5.41, 5.74) is 3.26. The Kier molecular flexibility index (Phi) is 4.39. The molecule has 0 amide bonds. The van der Waals surface area contributed by atoms with E-state index in [4.69, 9.17) is 32.5 Å². The van der Waals surface area contributed by atoms with E-state index in [0.29, 0.717) is 40.6 Å². The van der Waals surface area contributed by atoms with Crippen molar-refractivity contribution in [3.8, 4) is 23.0 Å². The van der Waals surface area contributed by atoms with E-state index in [9.17, 15) is 0 Å². The number of hydrogen-bond donors (Lipinski definition) is 0. The maximum Gasteiger partial charge on any atom is 0.278 e. The summed E-state index contributed by atoms with van der Waals surface area (Å²) >= 11 is 12.4. The van der Waals surface area contributed by atoms with Crippen LogP contribution < -0.4 is 0 Å². The number of ether oxygens (including phenoxy) is 1. The monoisotopic (exact) mass is 412 g/mol. The zero-order valence-corrected chi connectivity index (χ0v) is 16.1. The van der Waals surface area contributed by atoms with Gasteiger partial charge >= 0.3 is 0 Å². The van der Waals surface area contributed by atoms with Crippen molar-refractivity contribution in [2.24, 2.45) is 0 Å². The highest BCUT2D eigenvalue weighted by Gasteiger charge is 2.27. The van der Waals surface area contributed by atoms with E-state index in [0.717, 1.165) is 16.8 Å². The van der Waals surface area contributed by atoms with E-state index in [2.05, 4.69) is 15.1 Å². The molecule has 2 aromatic carbocycles. The van der Waals surface area contributed by atoms with Gasteiger partial charge in [-0.25, -0.2) is 4.98 Å². The molecule has 1 unspecified atom stereocenters. The van der Waals surface area contributed by atoms with Crippen LogP contribution in [0.2, 0.25) is 10.0 Å². The second kappa shape index (κ2) is 7.05. The van der Waals surface area contributed by atoms with Crippen molar-refractivity contribution in [2.45, 2.75) is 19.3 Å². The number of aromatic nitrogens is 4. The molecule has 0 fully saturated rings. The third kappa shape index (κ3) is 3.09. The fraction of sp³-hybridized carbons (Fsp3) is 0.150. The first kappa shape index (κ1) is 17.4. The van der Waals surface area contributed by atoms with E-state index < -0.39 is 0 Å². The van der Waals surface area contributed by atoms with Gasteiger partial charge in [0.25, 0.3) is 5.89 Å². The fourth-order valence-corrected chi connectivity index (χ4v) is 3.74. The van der Waals surface area contributed by atoms with E-state index >= 15 is 0 Å². The van der Waals surface area contributed by atoms with Gasteiger partial charge in [0.15, 0.2) is 5.69 Å². The SMILES string of the molecule is Clc1cccc(-c2noc(-c3ncn4c3COC(c3ccccc3Cl)C4)n2)c1. The standard InChI is InChI=1S/C20H14Cl2N4O2/c21-13-5-3-4-12(8-13)19-24-20(28-25-19)18-16-10-27-17(9-26(16)11-23-18)14-6-1-2-7-15(14)22/h1-8,11,17H,9-10H2. The van der Waals surface area contributed by atoms with Crippen molar-refractivity contribution >= 4 is 23.2 Å². The molecule has 0 saturated carbocycles. The molecule has 0 saturated heterocycles. The molecule has 140 valence electrons. The first-order valence-corrected chi connectivity index (χ1v) is 9.44. The molecule has 8 heteroatoms. The molecule has 1 atom stereocenters. The maximum atomic E-state index is 6.31. The first-order chi connectivity index (χ1) is 13.7. The average Bonchev–Trinajstić information content (AvgIpc) is 3.35. The van der Waals surface area contributed by atoms with Crippen LogP contribution in [0.1, 0.15) is 17.4 Å². The third-order valence-corrected chi connectivity index (χ3v) is 5.27. The lowest BCUT2D eigenvalue weighted by Crippen LogP contribution is -2.20. The van der Waals surface area contributed by atoms with Crippen LogP contribution in [-0.4, -0.2) is 19.7 Å². The minimum Gasteiger partial charge on any atom is -0.365 e. The van der Waals surface area contributed by atoms with Gasteiger partial charge in [-0.2, -0.15) is 4.98 Å². The van der Waals surface area contributed by atoms with Crippen LogP contribution in [-0.2, 0) is 17.9 Å². The summed E-state index contributed by atoms with van der Waals surface area (Å²) in [6.07, 6.45) is 1.63. The van der Waals surface area contributed by atoms with E-state index in [1.165, 1.54) is 0 Å². The largest absolute Gasteiger partial charge is 0.365 e. The number of halogens is 2. The van der Waals surface area contributed by atoms with Crippen LogP contribution in [0, 0.1) is 0 Å². The predicted molar refractivity (Wildman–Crippen MR) is 105 cm³/mol. The van der Waals surface area contributed by atoms with E-state index in [1.54, 1.807) is 18.5 Å². The molecule has 4 aromatic rings. The Bertz CT molecular complexity index is 1150. The van der Waals surface area contributed by atoms with Crippen molar-refractivity contribution in [3.05, 3.63) is 76.2 Å². The molecular weight excluding hydrogens is 399 g/mol. The van der Waals surface area contributed by atoms with Gasteiger partial charge in [-0.05, 0) is 18.2 Å². The van der Waals surface area contributed by atoms with Gasteiger partial charge in [-0.3, -0.25) is 0 Å². The highest BCUT2D eigenvalue weighted by atomic mass is 35.5. The summed E-state index contributed by atoms with van der Waals surface area (Å²) < 4.78 is 13.5. The molecule has 0 radical (unpaired) electrons. The number of nitrogens with zero attached hydrogens (tertiary/aromatic N) is 4. The number of rotatable bonds is 3. The second-order valence-electron chi connectivity index (χ2n) is 6.45. The number of fused-ring (bicyclic) bond motifs is 1. The zero-order valence-electron chi connectivity index (χ0n) is 14.5. The summed E-state index contributed by atoms with van der Waals surface area (Å²) in [7, 11) is 0. The third-order valence-electron chi connectivity index (χ3n) is 4.69. The topological polar surface area (TPSA) is 66.0 Å². The van der Waals surface area contributed by atoms with Crippen LogP contribution in [0.25, 0.3) is 23.0 Å². The molecule has 6 nitrogen and oxygen atoms in total. The Morgan fingerprint density at radius 2 is 1.96 bits per heavy atom. The van der Waals surface area contributed by atoms with E-state index in [-0.39, 0.29) is 6.10 Å². The molecule has 5 rings (SSSR count). The number of imidazole rings is 1. The number of hydrogen-bond acceptors (Lipinski definition) is 5.